The van der Waals surface area contributed by atoms with Gasteiger partial charge in [0.25, 0.3) is 11.5 Å². The molecule has 26 heavy (non-hydrogen) atoms. The number of hydrogen-bond donors (Lipinski definition) is 1. The van der Waals surface area contributed by atoms with Crippen LogP contribution in [-0.4, -0.2) is 20.2 Å². The molecule has 1 N–H and O–H groups in total. The number of aryl methyl sites for hydroxylation is 3. The van der Waals surface area contributed by atoms with Crippen molar-refractivity contribution >= 4 is 34.6 Å². The first-order valence-electron chi connectivity index (χ1n) is 7.90. The molecule has 0 bridgehead atoms. The normalized spacial score (nSPS) is 17.2. The van der Waals surface area contributed by atoms with Crippen molar-refractivity contribution in [1.29, 1.82) is 0 Å². The number of rotatable bonds is 2. The molecule has 1 saturated heterocycles. The number of amidine groups is 1. The summed E-state index contributed by atoms with van der Waals surface area (Å²) in [5.74, 6) is -0.324. The Labute approximate surface area is 154 Å². The lowest BCUT2D eigenvalue weighted by molar-refractivity contribution is -0.115. The Balaban J connectivity index is 1.97. The topological polar surface area (TPSA) is 85.5 Å². The van der Waals surface area contributed by atoms with E-state index >= 15 is 0 Å². The zero-order chi connectivity index (χ0) is 19.0. The standard InChI is InChI=1S/C18H18N4O3S/c1-10-5-6-11(2)13(7-10)19-17-20-15(23)14(26-17)8-12-9-21(3)18(25)22(4)16(12)24/h5-9H,1-4H3,(H,19,20,23). The lowest BCUT2D eigenvalue weighted by atomic mass is 10.1. The Bertz CT molecular complexity index is 1090. The van der Waals surface area contributed by atoms with Gasteiger partial charge in [0.1, 0.15) is 0 Å². The second-order valence-electron chi connectivity index (χ2n) is 6.11. The van der Waals surface area contributed by atoms with Gasteiger partial charge in [0, 0.05) is 20.3 Å². The molecule has 2 heterocycles. The molecule has 8 heteroatoms. The minimum Gasteiger partial charge on any atom is -0.303 e. The predicted molar refractivity (Wildman–Crippen MR) is 104 cm³/mol. The Hall–Kier alpha value is -2.87. The molecule has 1 aromatic carbocycles. The summed E-state index contributed by atoms with van der Waals surface area (Å²) in [5.41, 5.74) is 2.26. The summed E-state index contributed by atoms with van der Waals surface area (Å²) in [6.07, 6.45) is 2.90. The van der Waals surface area contributed by atoms with Crippen molar-refractivity contribution < 1.29 is 4.79 Å². The molecule has 1 fully saturated rings. The summed E-state index contributed by atoms with van der Waals surface area (Å²) in [7, 11) is 2.96. The average Bonchev–Trinajstić information content (AvgIpc) is 2.93. The molecule has 0 radical (unpaired) electrons. The van der Waals surface area contributed by atoms with Crippen molar-refractivity contribution in [2.45, 2.75) is 13.8 Å². The summed E-state index contributed by atoms with van der Waals surface area (Å²) in [4.78, 5) is 41.1. The van der Waals surface area contributed by atoms with E-state index in [0.717, 1.165) is 33.1 Å². The van der Waals surface area contributed by atoms with Crippen LogP contribution in [0.1, 0.15) is 16.7 Å². The van der Waals surface area contributed by atoms with Crippen LogP contribution in [0.2, 0.25) is 0 Å². The average molecular weight is 370 g/mol. The fourth-order valence-electron chi connectivity index (χ4n) is 2.51. The number of carbonyl (C=O) groups excluding carboxylic acids is 1. The van der Waals surface area contributed by atoms with Crippen molar-refractivity contribution in [1.82, 2.24) is 14.5 Å². The molecular weight excluding hydrogens is 352 g/mol. The molecule has 1 aliphatic heterocycles. The van der Waals surface area contributed by atoms with Gasteiger partial charge in [-0.3, -0.25) is 14.2 Å². The molecule has 3 rings (SSSR count). The molecule has 1 amide bonds. The van der Waals surface area contributed by atoms with Gasteiger partial charge in [0.05, 0.1) is 16.2 Å². The fraction of sp³-hybridized carbons (Fsp3) is 0.222. The number of benzene rings is 1. The molecule has 1 aliphatic rings. The molecule has 1 aromatic heterocycles. The Morgan fingerprint density at radius 2 is 1.88 bits per heavy atom. The van der Waals surface area contributed by atoms with Crippen molar-refractivity contribution in [2.24, 2.45) is 19.1 Å². The molecular formula is C18H18N4O3S. The lowest BCUT2D eigenvalue weighted by Crippen LogP contribution is -2.37. The number of nitrogens with zero attached hydrogens (tertiary/aromatic N) is 3. The minimum atomic E-state index is -0.450. The third-order valence-corrected chi connectivity index (χ3v) is 4.91. The van der Waals surface area contributed by atoms with Crippen LogP contribution in [-0.2, 0) is 18.9 Å². The highest BCUT2D eigenvalue weighted by molar-refractivity contribution is 8.18. The fourth-order valence-corrected chi connectivity index (χ4v) is 3.33. The van der Waals surface area contributed by atoms with Crippen LogP contribution in [0.5, 0.6) is 0 Å². The van der Waals surface area contributed by atoms with E-state index in [-0.39, 0.29) is 11.5 Å². The van der Waals surface area contributed by atoms with Crippen LogP contribution >= 0.6 is 11.8 Å². The van der Waals surface area contributed by atoms with E-state index in [1.54, 1.807) is 7.05 Å². The number of aromatic nitrogens is 2. The van der Waals surface area contributed by atoms with Gasteiger partial charge in [-0.2, -0.15) is 0 Å². The Morgan fingerprint density at radius 3 is 2.62 bits per heavy atom. The van der Waals surface area contributed by atoms with Gasteiger partial charge in [-0.15, -0.1) is 0 Å². The van der Waals surface area contributed by atoms with Gasteiger partial charge in [0.15, 0.2) is 5.17 Å². The number of carbonyl (C=O) groups is 1. The second-order valence-corrected chi connectivity index (χ2v) is 7.14. The molecule has 7 nitrogen and oxygen atoms in total. The zero-order valence-electron chi connectivity index (χ0n) is 14.9. The molecule has 0 saturated carbocycles. The van der Waals surface area contributed by atoms with E-state index in [0.29, 0.717) is 10.1 Å². The quantitative estimate of drug-likeness (QED) is 0.814. The summed E-state index contributed by atoms with van der Waals surface area (Å²) >= 11 is 1.16. The van der Waals surface area contributed by atoms with E-state index in [4.69, 9.17) is 0 Å². The van der Waals surface area contributed by atoms with E-state index in [1.807, 2.05) is 32.0 Å². The summed E-state index contributed by atoms with van der Waals surface area (Å²) < 4.78 is 2.31. The highest BCUT2D eigenvalue weighted by Crippen LogP contribution is 2.29. The first kappa shape index (κ1) is 17.9. The summed E-state index contributed by atoms with van der Waals surface area (Å²) in [6, 6.07) is 5.92. The van der Waals surface area contributed by atoms with Gasteiger partial charge >= 0.3 is 5.69 Å². The predicted octanol–water partition coefficient (Wildman–Crippen LogP) is 1.59. The molecule has 134 valence electrons. The monoisotopic (exact) mass is 370 g/mol. The van der Waals surface area contributed by atoms with Crippen LogP contribution in [0.4, 0.5) is 5.69 Å². The van der Waals surface area contributed by atoms with E-state index in [9.17, 15) is 14.4 Å². The number of amides is 1. The number of thioether (sulfide) groups is 1. The van der Waals surface area contributed by atoms with Crippen molar-refractivity contribution in [3.63, 3.8) is 0 Å². The number of hydrogen-bond acceptors (Lipinski definition) is 5. The van der Waals surface area contributed by atoms with E-state index in [2.05, 4.69) is 10.3 Å². The Morgan fingerprint density at radius 1 is 1.15 bits per heavy atom. The van der Waals surface area contributed by atoms with Gasteiger partial charge in [-0.25, -0.2) is 9.79 Å². The maximum Gasteiger partial charge on any atom is 0.330 e. The third kappa shape index (κ3) is 3.41. The smallest absolute Gasteiger partial charge is 0.303 e. The largest absolute Gasteiger partial charge is 0.330 e. The van der Waals surface area contributed by atoms with Gasteiger partial charge in [0.2, 0.25) is 0 Å². The van der Waals surface area contributed by atoms with Crippen LogP contribution in [0.3, 0.4) is 0 Å². The number of nitrogens with one attached hydrogen (secondary N) is 1. The molecule has 0 atom stereocenters. The first-order chi connectivity index (χ1) is 12.3. The molecule has 2 aromatic rings. The van der Waals surface area contributed by atoms with Crippen molar-refractivity contribution in [3.8, 4) is 0 Å². The van der Waals surface area contributed by atoms with Gasteiger partial charge in [-0.1, -0.05) is 12.1 Å². The second kappa shape index (κ2) is 6.80. The van der Waals surface area contributed by atoms with Crippen LogP contribution < -0.4 is 16.6 Å². The van der Waals surface area contributed by atoms with Gasteiger partial charge < -0.3 is 9.88 Å². The van der Waals surface area contributed by atoms with Crippen LogP contribution in [0.25, 0.3) is 6.08 Å². The Kier molecular flexibility index (Phi) is 4.69. The lowest BCUT2D eigenvalue weighted by Gasteiger charge is -2.03. The van der Waals surface area contributed by atoms with Crippen molar-refractivity contribution in [3.05, 3.63) is 66.8 Å². The van der Waals surface area contributed by atoms with Crippen molar-refractivity contribution in [2.75, 3.05) is 0 Å². The van der Waals surface area contributed by atoms with Crippen LogP contribution in [0.15, 0.2) is 43.9 Å². The first-order valence-corrected chi connectivity index (χ1v) is 8.71. The maximum atomic E-state index is 12.2. The SMILES string of the molecule is Cc1ccc(C)c(N=C2NC(=O)C(=Cc3cn(C)c(=O)n(C)c3=O)S2)c1. The third-order valence-electron chi connectivity index (χ3n) is 4.00. The van der Waals surface area contributed by atoms with Gasteiger partial charge in [-0.05, 0) is 48.9 Å². The molecule has 0 spiro atoms. The zero-order valence-corrected chi connectivity index (χ0v) is 15.7. The van der Waals surface area contributed by atoms with E-state index in [1.165, 1.54) is 23.9 Å². The van der Waals surface area contributed by atoms with E-state index < -0.39 is 11.2 Å². The maximum absolute atomic E-state index is 12.2. The molecule has 0 aliphatic carbocycles. The highest BCUT2D eigenvalue weighted by Gasteiger charge is 2.24. The molecule has 0 unspecified atom stereocenters. The summed E-state index contributed by atoms with van der Waals surface area (Å²) in [5, 5.41) is 3.16. The number of aliphatic imine (C=N–C) groups is 1. The summed E-state index contributed by atoms with van der Waals surface area (Å²) in [6.45, 7) is 3.93. The minimum absolute atomic E-state index is 0.264. The highest BCUT2D eigenvalue weighted by atomic mass is 32.2. The van der Waals surface area contributed by atoms with Crippen LogP contribution in [0, 0.1) is 13.8 Å².